The van der Waals surface area contributed by atoms with Crippen LogP contribution in [0.3, 0.4) is 0 Å². The predicted octanol–water partition coefficient (Wildman–Crippen LogP) is 2.49. The Morgan fingerprint density at radius 3 is 2.40 bits per heavy atom. The molecule has 1 aliphatic heterocycles. The second-order valence-electron chi connectivity index (χ2n) is 7.08. The number of carbonyl (C=O) groups is 1. The second kappa shape index (κ2) is 5.92. The van der Waals surface area contributed by atoms with Crippen molar-refractivity contribution >= 4 is 6.03 Å². The van der Waals surface area contributed by atoms with Crippen molar-refractivity contribution < 1.29 is 4.79 Å². The Hall–Kier alpha value is -0.770. The zero-order chi connectivity index (χ0) is 14.0. The van der Waals surface area contributed by atoms with Crippen LogP contribution in [0.2, 0.25) is 0 Å². The van der Waals surface area contributed by atoms with Gasteiger partial charge in [0.1, 0.15) is 0 Å². The molecule has 0 aromatic heterocycles. The minimum absolute atomic E-state index is 0.0506. The van der Waals surface area contributed by atoms with Crippen molar-refractivity contribution in [2.45, 2.75) is 70.4 Å². The molecule has 0 spiro atoms. The van der Waals surface area contributed by atoms with Crippen LogP contribution in [0.5, 0.6) is 0 Å². The maximum atomic E-state index is 12.0. The standard InChI is InChI=1S/C16H29N3O/c1-2-16(8-3-9-16)12-17-15(20)18-13-6-10-19(11-7-13)14-4-5-14/h13-14H,2-12H2,1H3,(H2,17,18,20). The molecule has 1 heterocycles. The Labute approximate surface area is 122 Å². The lowest BCUT2D eigenvalue weighted by Crippen LogP contribution is -2.50. The van der Waals surface area contributed by atoms with E-state index < -0.39 is 0 Å². The van der Waals surface area contributed by atoms with Gasteiger partial charge in [-0.1, -0.05) is 13.3 Å². The van der Waals surface area contributed by atoms with E-state index in [9.17, 15) is 4.79 Å². The van der Waals surface area contributed by atoms with Crippen LogP contribution in [0, 0.1) is 5.41 Å². The van der Waals surface area contributed by atoms with Gasteiger partial charge in [-0.05, 0) is 50.4 Å². The molecule has 114 valence electrons. The number of rotatable bonds is 5. The first-order valence-corrected chi connectivity index (χ1v) is 8.49. The normalized spacial score (nSPS) is 26.9. The van der Waals surface area contributed by atoms with E-state index in [1.165, 1.54) is 38.5 Å². The zero-order valence-corrected chi connectivity index (χ0v) is 12.8. The molecule has 3 fully saturated rings. The predicted molar refractivity (Wildman–Crippen MR) is 80.7 cm³/mol. The van der Waals surface area contributed by atoms with Crippen LogP contribution in [-0.4, -0.2) is 42.6 Å². The van der Waals surface area contributed by atoms with Crippen molar-refractivity contribution in [2.24, 2.45) is 5.41 Å². The summed E-state index contributed by atoms with van der Waals surface area (Å²) >= 11 is 0. The van der Waals surface area contributed by atoms with E-state index in [0.29, 0.717) is 11.5 Å². The Morgan fingerprint density at radius 2 is 1.90 bits per heavy atom. The molecule has 2 N–H and O–H groups in total. The van der Waals surface area contributed by atoms with Crippen molar-refractivity contribution in [2.75, 3.05) is 19.6 Å². The molecule has 2 aliphatic carbocycles. The van der Waals surface area contributed by atoms with Gasteiger partial charge in [0.25, 0.3) is 0 Å². The van der Waals surface area contributed by atoms with Crippen LogP contribution in [0.25, 0.3) is 0 Å². The number of carbonyl (C=O) groups excluding carboxylic acids is 1. The van der Waals surface area contributed by atoms with Crippen molar-refractivity contribution in [3.8, 4) is 0 Å². The Morgan fingerprint density at radius 1 is 1.20 bits per heavy atom. The van der Waals surface area contributed by atoms with Crippen molar-refractivity contribution in [1.82, 2.24) is 15.5 Å². The maximum absolute atomic E-state index is 12.0. The summed E-state index contributed by atoms with van der Waals surface area (Å²) in [5, 5.41) is 6.27. The number of urea groups is 1. The average molecular weight is 279 g/mol. The van der Waals surface area contributed by atoms with Gasteiger partial charge in [-0.25, -0.2) is 4.79 Å². The van der Waals surface area contributed by atoms with Gasteiger partial charge < -0.3 is 15.5 Å². The number of nitrogens with zero attached hydrogens (tertiary/aromatic N) is 1. The fraction of sp³-hybridized carbons (Fsp3) is 0.938. The monoisotopic (exact) mass is 279 g/mol. The third-order valence-corrected chi connectivity index (χ3v) is 5.72. The molecule has 3 aliphatic rings. The molecule has 0 aromatic rings. The lowest BCUT2D eigenvalue weighted by molar-refractivity contribution is 0.125. The maximum Gasteiger partial charge on any atom is 0.315 e. The summed E-state index contributed by atoms with van der Waals surface area (Å²) in [6.07, 6.45) is 10.1. The molecule has 0 atom stereocenters. The van der Waals surface area contributed by atoms with Gasteiger partial charge in [-0.2, -0.15) is 0 Å². The van der Waals surface area contributed by atoms with E-state index in [1.807, 2.05) is 0 Å². The van der Waals surface area contributed by atoms with E-state index in [0.717, 1.165) is 38.5 Å². The summed E-state index contributed by atoms with van der Waals surface area (Å²) < 4.78 is 0. The van der Waals surface area contributed by atoms with Gasteiger partial charge in [0.2, 0.25) is 0 Å². The first kappa shape index (κ1) is 14.2. The largest absolute Gasteiger partial charge is 0.338 e. The molecule has 0 unspecified atom stereocenters. The summed E-state index contributed by atoms with van der Waals surface area (Å²) in [6.45, 7) is 5.42. The third-order valence-electron chi connectivity index (χ3n) is 5.72. The minimum Gasteiger partial charge on any atom is -0.338 e. The van der Waals surface area contributed by atoms with E-state index >= 15 is 0 Å². The van der Waals surface area contributed by atoms with E-state index in [-0.39, 0.29) is 6.03 Å². The number of likely N-dealkylation sites (tertiary alicyclic amines) is 1. The van der Waals surface area contributed by atoms with Crippen LogP contribution in [0.1, 0.15) is 58.3 Å². The summed E-state index contributed by atoms with van der Waals surface area (Å²) in [6, 6.07) is 1.30. The number of nitrogens with one attached hydrogen (secondary N) is 2. The molecule has 0 radical (unpaired) electrons. The van der Waals surface area contributed by atoms with Gasteiger partial charge in [-0.3, -0.25) is 0 Å². The molecule has 0 aromatic carbocycles. The molecule has 4 heteroatoms. The van der Waals surface area contributed by atoms with E-state index in [1.54, 1.807) is 0 Å². The second-order valence-corrected chi connectivity index (χ2v) is 7.08. The SMILES string of the molecule is CCC1(CNC(=O)NC2CCN(C3CC3)CC2)CCC1. The number of amides is 2. The molecular weight excluding hydrogens is 250 g/mol. The van der Waals surface area contributed by atoms with Gasteiger partial charge >= 0.3 is 6.03 Å². The summed E-state index contributed by atoms with van der Waals surface area (Å²) in [5.74, 6) is 0. The lowest BCUT2D eigenvalue weighted by Gasteiger charge is -2.41. The molecular formula is C16H29N3O. The van der Waals surface area contributed by atoms with Crippen LogP contribution in [0.15, 0.2) is 0 Å². The van der Waals surface area contributed by atoms with Gasteiger partial charge in [0.15, 0.2) is 0 Å². The smallest absolute Gasteiger partial charge is 0.315 e. The third kappa shape index (κ3) is 3.27. The van der Waals surface area contributed by atoms with Crippen molar-refractivity contribution in [3.05, 3.63) is 0 Å². The van der Waals surface area contributed by atoms with E-state index in [4.69, 9.17) is 0 Å². The molecule has 3 rings (SSSR count). The Bertz CT molecular complexity index is 336. The van der Waals surface area contributed by atoms with Gasteiger partial charge in [0, 0.05) is 31.7 Å². The average Bonchev–Trinajstić information content (AvgIpc) is 3.23. The zero-order valence-electron chi connectivity index (χ0n) is 12.8. The van der Waals surface area contributed by atoms with Crippen molar-refractivity contribution in [3.63, 3.8) is 0 Å². The number of hydrogen-bond donors (Lipinski definition) is 2. The fourth-order valence-corrected chi connectivity index (χ4v) is 3.68. The highest BCUT2D eigenvalue weighted by Crippen LogP contribution is 2.43. The molecule has 20 heavy (non-hydrogen) atoms. The van der Waals surface area contributed by atoms with Crippen LogP contribution in [0.4, 0.5) is 4.79 Å². The molecule has 0 bridgehead atoms. The first-order valence-electron chi connectivity index (χ1n) is 8.49. The summed E-state index contributed by atoms with van der Waals surface area (Å²) in [5.41, 5.74) is 0.409. The molecule has 2 saturated carbocycles. The summed E-state index contributed by atoms with van der Waals surface area (Å²) in [7, 11) is 0. The lowest BCUT2D eigenvalue weighted by atomic mass is 9.67. The Kier molecular flexibility index (Phi) is 4.20. The fourth-order valence-electron chi connectivity index (χ4n) is 3.68. The Balaban J connectivity index is 1.34. The van der Waals surface area contributed by atoms with E-state index in [2.05, 4.69) is 22.5 Å². The van der Waals surface area contributed by atoms with Crippen LogP contribution >= 0.6 is 0 Å². The highest BCUT2D eigenvalue weighted by atomic mass is 16.2. The molecule has 4 nitrogen and oxygen atoms in total. The van der Waals surface area contributed by atoms with Crippen molar-refractivity contribution in [1.29, 1.82) is 0 Å². The molecule has 1 saturated heterocycles. The molecule has 2 amide bonds. The highest BCUT2D eigenvalue weighted by molar-refractivity contribution is 5.74. The van der Waals surface area contributed by atoms with Crippen LogP contribution < -0.4 is 10.6 Å². The van der Waals surface area contributed by atoms with Crippen LogP contribution in [-0.2, 0) is 0 Å². The van der Waals surface area contributed by atoms with Gasteiger partial charge in [0.05, 0.1) is 0 Å². The van der Waals surface area contributed by atoms with Gasteiger partial charge in [-0.15, -0.1) is 0 Å². The topological polar surface area (TPSA) is 44.4 Å². The quantitative estimate of drug-likeness (QED) is 0.812. The summed E-state index contributed by atoms with van der Waals surface area (Å²) in [4.78, 5) is 14.6. The first-order chi connectivity index (χ1) is 9.71. The number of hydrogen-bond acceptors (Lipinski definition) is 2. The highest BCUT2D eigenvalue weighted by Gasteiger charge is 2.35. The number of piperidine rings is 1. The minimum atomic E-state index is 0.0506.